The molecule has 2 aromatic carbocycles. The summed E-state index contributed by atoms with van der Waals surface area (Å²) in [5.41, 5.74) is 9.69. The number of rotatable bonds is 9. The summed E-state index contributed by atoms with van der Waals surface area (Å²) in [5.74, 6) is -0.0688. The molecule has 1 heterocycles. The van der Waals surface area contributed by atoms with Crippen molar-refractivity contribution in [3.05, 3.63) is 69.8 Å². The lowest BCUT2D eigenvalue weighted by Gasteiger charge is -2.16. The van der Waals surface area contributed by atoms with E-state index in [1.807, 2.05) is 24.3 Å². The van der Waals surface area contributed by atoms with Crippen LogP contribution in [-0.2, 0) is 13.0 Å². The summed E-state index contributed by atoms with van der Waals surface area (Å²) in [4.78, 5) is 17.8. The van der Waals surface area contributed by atoms with E-state index in [2.05, 4.69) is 62.4 Å². The summed E-state index contributed by atoms with van der Waals surface area (Å²) in [7, 11) is 2.09. The van der Waals surface area contributed by atoms with Crippen LogP contribution in [0.5, 0.6) is 0 Å². The van der Waals surface area contributed by atoms with Crippen LogP contribution in [0.3, 0.4) is 0 Å². The van der Waals surface area contributed by atoms with E-state index < -0.39 is 0 Å². The van der Waals surface area contributed by atoms with Gasteiger partial charge in [-0.2, -0.15) is 0 Å². The molecule has 0 saturated carbocycles. The maximum absolute atomic E-state index is 12.4. The Labute approximate surface area is 174 Å². The molecule has 0 atom stereocenters. The monoisotopic (exact) mass is 442 g/mol. The maximum atomic E-state index is 12.4. The Morgan fingerprint density at radius 3 is 2.61 bits per heavy atom. The number of aromatic amines is 1. The molecule has 0 fully saturated rings. The molecule has 1 aromatic heterocycles. The topological polar surface area (TPSA) is 74.2 Å². The van der Waals surface area contributed by atoms with Gasteiger partial charge in [-0.25, -0.2) is 0 Å². The van der Waals surface area contributed by atoms with Gasteiger partial charge in [0.15, 0.2) is 0 Å². The number of hydrogen-bond acceptors (Lipinski definition) is 3. The number of benzene rings is 2. The summed E-state index contributed by atoms with van der Waals surface area (Å²) >= 11 is 3.45. The SMILES string of the molecule is CN(CCCc1ccc(CN)cc1)CCNC(=O)c1cc2cc(Br)ccc2[nH]1. The van der Waals surface area contributed by atoms with E-state index in [4.69, 9.17) is 5.73 Å². The van der Waals surface area contributed by atoms with Crippen molar-refractivity contribution in [3.63, 3.8) is 0 Å². The number of nitrogens with zero attached hydrogens (tertiary/aromatic N) is 1. The van der Waals surface area contributed by atoms with Gasteiger partial charge in [-0.15, -0.1) is 0 Å². The lowest BCUT2D eigenvalue weighted by atomic mass is 10.1. The maximum Gasteiger partial charge on any atom is 0.267 e. The summed E-state index contributed by atoms with van der Waals surface area (Å²) in [6.07, 6.45) is 2.13. The molecule has 3 aromatic rings. The van der Waals surface area contributed by atoms with E-state index >= 15 is 0 Å². The summed E-state index contributed by atoms with van der Waals surface area (Å²) < 4.78 is 1.00. The van der Waals surface area contributed by atoms with Crippen LogP contribution >= 0.6 is 15.9 Å². The van der Waals surface area contributed by atoms with E-state index in [1.165, 1.54) is 11.1 Å². The number of hydrogen-bond donors (Lipinski definition) is 3. The van der Waals surface area contributed by atoms with Gasteiger partial charge in [-0.1, -0.05) is 40.2 Å². The molecule has 0 bridgehead atoms. The molecule has 0 aliphatic heterocycles. The average molecular weight is 443 g/mol. The number of nitrogens with one attached hydrogen (secondary N) is 2. The Balaban J connectivity index is 1.37. The third kappa shape index (κ3) is 5.67. The number of carbonyl (C=O) groups excluding carboxylic acids is 1. The smallest absolute Gasteiger partial charge is 0.267 e. The van der Waals surface area contributed by atoms with E-state index in [0.717, 1.165) is 41.3 Å². The summed E-state index contributed by atoms with van der Waals surface area (Å²) in [5, 5.41) is 4.01. The van der Waals surface area contributed by atoms with Crippen LogP contribution in [0.1, 0.15) is 28.0 Å². The standard InChI is InChI=1S/C22H27BrN4O/c1-27(11-2-3-16-4-6-17(15-24)7-5-16)12-10-25-22(28)21-14-18-13-19(23)8-9-20(18)26-21/h4-9,13-14,26H,2-3,10-12,15,24H2,1H3,(H,25,28). The lowest BCUT2D eigenvalue weighted by molar-refractivity contribution is 0.0945. The number of aromatic nitrogens is 1. The van der Waals surface area contributed by atoms with Gasteiger partial charge in [0.05, 0.1) is 0 Å². The Kier molecular flexibility index (Phi) is 7.25. The Hall–Kier alpha value is -2.15. The summed E-state index contributed by atoms with van der Waals surface area (Å²) in [6, 6.07) is 16.3. The van der Waals surface area contributed by atoms with Crippen molar-refractivity contribution in [2.45, 2.75) is 19.4 Å². The van der Waals surface area contributed by atoms with Gasteiger partial charge in [0.2, 0.25) is 0 Å². The molecule has 3 rings (SSSR count). The second-order valence-corrected chi connectivity index (χ2v) is 8.01. The first-order chi connectivity index (χ1) is 13.5. The highest BCUT2D eigenvalue weighted by Gasteiger charge is 2.09. The second-order valence-electron chi connectivity index (χ2n) is 7.10. The Morgan fingerprint density at radius 2 is 1.86 bits per heavy atom. The van der Waals surface area contributed by atoms with E-state index in [-0.39, 0.29) is 5.91 Å². The number of likely N-dealkylation sites (N-methyl/N-ethyl adjacent to an activating group) is 1. The molecule has 5 nitrogen and oxygen atoms in total. The summed E-state index contributed by atoms with van der Waals surface area (Å²) in [6.45, 7) is 3.03. The molecule has 0 unspecified atom stereocenters. The molecule has 6 heteroatoms. The van der Waals surface area contributed by atoms with Crippen LogP contribution in [0, 0.1) is 0 Å². The number of nitrogens with two attached hydrogens (primary N) is 1. The third-order valence-corrected chi connectivity index (χ3v) is 5.36. The zero-order chi connectivity index (χ0) is 19.9. The first-order valence-corrected chi connectivity index (χ1v) is 10.4. The largest absolute Gasteiger partial charge is 0.351 e. The van der Waals surface area contributed by atoms with Gasteiger partial charge in [0.1, 0.15) is 5.69 Å². The normalized spacial score (nSPS) is 11.3. The van der Waals surface area contributed by atoms with Crippen molar-refractivity contribution >= 4 is 32.7 Å². The number of fused-ring (bicyclic) bond motifs is 1. The Morgan fingerprint density at radius 1 is 1.11 bits per heavy atom. The minimum Gasteiger partial charge on any atom is -0.351 e. The first-order valence-electron chi connectivity index (χ1n) is 9.58. The molecule has 0 aliphatic carbocycles. The molecular weight excluding hydrogens is 416 g/mol. The fourth-order valence-corrected chi connectivity index (χ4v) is 3.57. The lowest BCUT2D eigenvalue weighted by Crippen LogP contribution is -2.33. The van der Waals surface area contributed by atoms with Crippen LogP contribution in [0.15, 0.2) is 53.0 Å². The van der Waals surface area contributed by atoms with Crippen LogP contribution in [0.25, 0.3) is 10.9 Å². The fourth-order valence-electron chi connectivity index (χ4n) is 3.19. The zero-order valence-corrected chi connectivity index (χ0v) is 17.8. The van der Waals surface area contributed by atoms with Gasteiger partial charge in [-0.3, -0.25) is 4.79 Å². The van der Waals surface area contributed by atoms with Gasteiger partial charge >= 0.3 is 0 Å². The van der Waals surface area contributed by atoms with Gasteiger partial charge in [0, 0.05) is 35.0 Å². The van der Waals surface area contributed by atoms with E-state index in [0.29, 0.717) is 18.8 Å². The van der Waals surface area contributed by atoms with Gasteiger partial charge in [-0.05, 0) is 61.8 Å². The highest BCUT2D eigenvalue weighted by Crippen LogP contribution is 2.20. The molecular formula is C22H27BrN4O. The molecule has 1 amide bonds. The van der Waals surface area contributed by atoms with E-state index in [1.54, 1.807) is 0 Å². The van der Waals surface area contributed by atoms with Crippen molar-refractivity contribution in [1.29, 1.82) is 0 Å². The van der Waals surface area contributed by atoms with Gasteiger partial charge < -0.3 is 20.9 Å². The van der Waals surface area contributed by atoms with Crippen molar-refractivity contribution in [2.75, 3.05) is 26.7 Å². The number of aryl methyl sites for hydroxylation is 1. The van der Waals surface area contributed by atoms with Crippen LogP contribution in [0.4, 0.5) is 0 Å². The molecule has 0 aliphatic rings. The third-order valence-electron chi connectivity index (χ3n) is 4.87. The van der Waals surface area contributed by atoms with Crippen molar-refractivity contribution in [3.8, 4) is 0 Å². The Bertz CT molecular complexity index is 920. The highest BCUT2D eigenvalue weighted by molar-refractivity contribution is 9.10. The predicted octanol–water partition coefficient (Wildman–Crippen LogP) is 3.68. The predicted molar refractivity (Wildman–Crippen MR) is 118 cm³/mol. The highest BCUT2D eigenvalue weighted by atomic mass is 79.9. The van der Waals surface area contributed by atoms with Crippen molar-refractivity contribution in [1.82, 2.24) is 15.2 Å². The fraction of sp³-hybridized carbons (Fsp3) is 0.318. The van der Waals surface area contributed by atoms with E-state index in [9.17, 15) is 4.79 Å². The van der Waals surface area contributed by atoms with Crippen LogP contribution < -0.4 is 11.1 Å². The van der Waals surface area contributed by atoms with Crippen molar-refractivity contribution < 1.29 is 4.79 Å². The molecule has 0 spiro atoms. The van der Waals surface area contributed by atoms with Crippen LogP contribution in [0.2, 0.25) is 0 Å². The molecule has 28 heavy (non-hydrogen) atoms. The quantitative estimate of drug-likeness (QED) is 0.472. The number of amides is 1. The van der Waals surface area contributed by atoms with Crippen LogP contribution in [-0.4, -0.2) is 42.5 Å². The first kappa shape index (κ1) is 20.6. The number of H-pyrrole nitrogens is 1. The molecule has 0 radical (unpaired) electrons. The second kappa shape index (κ2) is 9.87. The minimum atomic E-state index is -0.0688. The minimum absolute atomic E-state index is 0.0688. The molecule has 4 N–H and O–H groups in total. The van der Waals surface area contributed by atoms with Crippen molar-refractivity contribution in [2.24, 2.45) is 5.73 Å². The zero-order valence-electron chi connectivity index (χ0n) is 16.2. The van der Waals surface area contributed by atoms with Gasteiger partial charge in [0.25, 0.3) is 5.91 Å². The number of carbonyl (C=O) groups is 1. The molecule has 0 saturated heterocycles. The molecule has 148 valence electrons. The number of halogens is 1. The average Bonchev–Trinajstić information content (AvgIpc) is 3.11.